The second-order valence-corrected chi connectivity index (χ2v) is 7.49. The van der Waals surface area contributed by atoms with Gasteiger partial charge in [-0.2, -0.15) is 5.10 Å². The number of imidazole rings is 1. The fourth-order valence-corrected chi connectivity index (χ4v) is 3.44. The Morgan fingerprint density at radius 3 is 2.55 bits per heavy atom. The summed E-state index contributed by atoms with van der Waals surface area (Å²) < 4.78 is 9.46. The molecular formula is C22H22ClN5O. The van der Waals surface area contributed by atoms with E-state index in [0.717, 1.165) is 34.1 Å². The number of rotatable bonds is 5. The summed E-state index contributed by atoms with van der Waals surface area (Å²) in [7, 11) is 1.65. The average molecular weight is 408 g/mol. The number of aromatic nitrogens is 5. The van der Waals surface area contributed by atoms with Crippen molar-refractivity contribution in [2.45, 2.75) is 26.8 Å². The van der Waals surface area contributed by atoms with Gasteiger partial charge >= 0.3 is 0 Å². The van der Waals surface area contributed by atoms with E-state index in [1.807, 2.05) is 64.8 Å². The molecule has 2 heterocycles. The zero-order valence-corrected chi connectivity index (χ0v) is 17.6. The number of hydrogen-bond acceptors (Lipinski definition) is 4. The highest BCUT2D eigenvalue weighted by atomic mass is 35.5. The number of hydrogen-bond donors (Lipinski definition) is 0. The molecule has 0 unspecified atom stereocenters. The number of methoxy groups -OCH3 is 1. The van der Waals surface area contributed by atoms with Gasteiger partial charge in [0, 0.05) is 23.4 Å². The van der Waals surface area contributed by atoms with Crippen LogP contribution >= 0.6 is 11.6 Å². The predicted octanol–water partition coefficient (Wildman–Crippen LogP) is 5.35. The largest absolute Gasteiger partial charge is 0.495 e. The van der Waals surface area contributed by atoms with Crippen molar-refractivity contribution in [3.8, 4) is 34.2 Å². The van der Waals surface area contributed by atoms with Crippen LogP contribution in [0.15, 0.2) is 55.0 Å². The molecule has 4 rings (SSSR count). The van der Waals surface area contributed by atoms with Crippen LogP contribution in [-0.4, -0.2) is 31.4 Å². The van der Waals surface area contributed by atoms with Crippen LogP contribution < -0.4 is 4.74 Å². The highest BCUT2D eigenvalue weighted by molar-refractivity contribution is 6.33. The number of ether oxygens (including phenoxy) is 1. The summed E-state index contributed by atoms with van der Waals surface area (Å²) >= 11 is 6.42. The summed E-state index contributed by atoms with van der Waals surface area (Å²) in [4.78, 5) is 9.10. The maximum Gasteiger partial charge on any atom is 0.181 e. The van der Waals surface area contributed by atoms with Gasteiger partial charge in [0.15, 0.2) is 11.6 Å². The van der Waals surface area contributed by atoms with Crippen LogP contribution in [0.2, 0.25) is 5.02 Å². The van der Waals surface area contributed by atoms with Gasteiger partial charge < -0.3 is 9.30 Å². The molecule has 2 aromatic carbocycles. The molecular weight excluding hydrogens is 386 g/mol. The molecule has 6 nitrogen and oxygen atoms in total. The van der Waals surface area contributed by atoms with Crippen LogP contribution in [-0.2, 0) is 0 Å². The van der Waals surface area contributed by atoms with Crippen molar-refractivity contribution in [1.82, 2.24) is 24.3 Å². The first-order valence-corrected chi connectivity index (χ1v) is 9.76. The van der Waals surface area contributed by atoms with Crippen LogP contribution in [0, 0.1) is 6.92 Å². The van der Waals surface area contributed by atoms with Gasteiger partial charge in [0.05, 0.1) is 29.8 Å². The van der Waals surface area contributed by atoms with Crippen molar-refractivity contribution in [2.24, 2.45) is 0 Å². The Balaban J connectivity index is 1.81. The van der Waals surface area contributed by atoms with Crippen molar-refractivity contribution in [3.05, 3.63) is 65.7 Å². The van der Waals surface area contributed by atoms with Gasteiger partial charge in [-0.05, 0) is 51.1 Å². The van der Waals surface area contributed by atoms with Gasteiger partial charge in [-0.25, -0.2) is 14.6 Å². The summed E-state index contributed by atoms with van der Waals surface area (Å²) in [5.41, 5.74) is 3.58. The quantitative estimate of drug-likeness (QED) is 0.447. The Morgan fingerprint density at radius 1 is 1.10 bits per heavy atom. The molecule has 0 N–H and O–H groups in total. The van der Waals surface area contributed by atoms with Crippen LogP contribution in [0.5, 0.6) is 5.75 Å². The third kappa shape index (κ3) is 3.63. The Hall–Kier alpha value is -3.12. The van der Waals surface area contributed by atoms with Crippen LogP contribution in [0.3, 0.4) is 0 Å². The summed E-state index contributed by atoms with van der Waals surface area (Å²) in [6, 6.07) is 13.7. The lowest BCUT2D eigenvalue weighted by Gasteiger charge is -2.10. The minimum absolute atomic E-state index is 0.137. The van der Waals surface area contributed by atoms with Crippen LogP contribution in [0.25, 0.3) is 28.5 Å². The molecule has 4 aromatic rings. The van der Waals surface area contributed by atoms with E-state index in [1.165, 1.54) is 0 Å². The third-order valence-corrected chi connectivity index (χ3v) is 4.99. The zero-order chi connectivity index (χ0) is 20.5. The first-order chi connectivity index (χ1) is 14.0. The number of nitrogens with zero attached hydrogens (tertiary/aromatic N) is 5. The molecule has 0 saturated heterocycles. The molecule has 0 aliphatic heterocycles. The molecule has 29 heavy (non-hydrogen) atoms. The van der Waals surface area contributed by atoms with Crippen molar-refractivity contribution in [1.29, 1.82) is 0 Å². The normalized spacial score (nSPS) is 11.2. The highest BCUT2D eigenvalue weighted by Gasteiger charge is 2.18. The van der Waals surface area contributed by atoms with Gasteiger partial charge in [0.2, 0.25) is 0 Å². The van der Waals surface area contributed by atoms with E-state index in [-0.39, 0.29) is 6.04 Å². The second-order valence-electron chi connectivity index (χ2n) is 7.09. The van der Waals surface area contributed by atoms with Crippen molar-refractivity contribution < 1.29 is 4.74 Å². The van der Waals surface area contributed by atoms with Crippen LogP contribution in [0.4, 0.5) is 0 Å². The van der Waals surface area contributed by atoms with E-state index in [0.29, 0.717) is 10.8 Å². The fourth-order valence-electron chi connectivity index (χ4n) is 3.21. The monoisotopic (exact) mass is 407 g/mol. The molecule has 0 saturated carbocycles. The molecule has 0 aliphatic rings. The number of aryl methyl sites for hydroxylation is 1. The van der Waals surface area contributed by atoms with Gasteiger partial charge in [0.1, 0.15) is 5.75 Å². The van der Waals surface area contributed by atoms with Gasteiger partial charge in [-0.1, -0.05) is 23.7 Å². The molecule has 0 amide bonds. The topological polar surface area (TPSA) is 57.8 Å². The van der Waals surface area contributed by atoms with E-state index in [2.05, 4.69) is 18.8 Å². The SMILES string of the molecule is COc1cc(-c2nc(-c3ccccc3Cl)n(C(C)C)n2)ccc1-n1cnc(C)c1. The van der Waals surface area contributed by atoms with E-state index in [1.54, 1.807) is 13.4 Å². The summed E-state index contributed by atoms with van der Waals surface area (Å²) in [6.07, 6.45) is 3.73. The Labute approximate surface area is 174 Å². The van der Waals surface area contributed by atoms with Crippen molar-refractivity contribution >= 4 is 11.6 Å². The second kappa shape index (κ2) is 7.72. The molecule has 0 spiro atoms. The minimum atomic E-state index is 0.137. The fraction of sp³-hybridized carbons (Fsp3) is 0.227. The molecule has 0 aliphatic carbocycles. The van der Waals surface area contributed by atoms with Gasteiger partial charge in [0.25, 0.3) is 0 Å². The highest BCUT2D eigenvalue weighted by Crippen LogP contribution is 2.32. The number of benzene rings is 2. The zero-order valence-electron chi connectivity index (χ0n) is 16.8. The minimum Gasteiger partial charge on any atom is -0.495 e. The first kappa shape index (κ1) is 19.2. The summed E-state index contributed by atoms with van der Waals surface area (Å²) in [5.74, 6) is 2.09. The average Bonchev–Trinajstić information content (AvgIpc) is 3.34. The number of halogens is 1. The van der Waals surface area contributed by atoms with Crippen LogP contribution in [0.1, 0.15) is 25.6 Å². The molecule has 0 fully saturated rings. The van der Waals surface area contributed by atoms with E-state index in [9.17, 15) is 0 Å². The third-order valence-electron chi connectivity index (χ3n) is 4.66. The lowest BCUT2D eigenvalue weighted by molar-refractivity contribution is 0.413. The maximum atomic E-state index is 6.42. The van der Waals surface area contributed by atoms with Crippen molar-refractivity contribution in [3.63, 3.8) is 0 Å². The molecule has 148 valence electrons. The summed E-state index contributed by atoms with van der Waals surface area (Å²) in [5, 5.41) is 5.40. The molecule has 0 bridgehead atoms. The Bertz CT molecular complexity index is 1160. The van der Waals surface area contributed by atoms with Gasteiger partial charge in [-0.3, -0.25) is 0 Å². The van der Waals surface area contributed by atoms with Gasteiger partial charge in [-0.15, -0.1) is 0 Å². The van der Waals surface area contributed by atoms with E-state index >= 15 is 0 Å². The van der Waals surface area contributed by atoms with E-state index < -0.39 is 0 Å². The van der Waals surface area contributed by atoms with E-state index in [4.69, 9.17) is 26.4 Å². The predicted molar refractivity (Wildman–Crippen MR) is 115 cm³/mol. The molecule has 0 atom stereocenters. The Morgan fingerprint density at radius 2 is 1.90 bits per heavy atom. The standard InChI is InChI=1S/C22H22ClN5O/c1-14(2)28-22(17-7-5-6-8-18(17)23)25-21(26-28)16-9-10-19(20(11-16)29-4)27-12-15(3)24-13-27/h5-14H,1-4H3. The molecule has 7 heteroatoms. The summed E-state index contributed by atoms with van der Waals surface area (Å²) in [6.45, 7) is 6.10. The first-order valence-electron chi connectivity index (χ1n) is 9.38. The Kier molecular flexibility index (Phi) is 5.11. The lowest BCUT2D eigenvalue weighted by Crippen LogP contribution is -2.05. The molecule has 2 aromatic heterocycles. The van der Waals surface area contributed by atoms with Crippen molar-refractivity contribution in [2.75, 3.05) is 7.11 Å². The molecule has 0 radical (unpaired) electrons. The lowest BCUT2D eigenvalue weighted by atomic mass is 10.1. The maximum absolute atomic E-state index is 6.42. The smallest absolute Gasteiger partial charge is 0.181 e.